The summed E-state index contributed by atoms with van der Waals surface area (Å²) in [5, 5.41) is 12.7. The Morgan fingerprint density at radius 1 is 1.35 bits per heavy atom. The first-order chi connectivity index (χ1) is 14.9. The van der Waals surface area contributed by atoms with E-state index >= 15 is 0 Å². The number of amides is 1. The molecule has 3 aromatic rings. The molecular formula is C20H18BrCl2N5O2S. The van der Waals surface area contributed by atoms with Gasteiger partial charge in [-0.3, -0.25) is 9.36 Å². The Morgan fingerprint density at radius 2 is 2.16 bits per heavy atom. The number of hydrogen-bond donors (Lipinski definition) is 1. The zero-order valence-corrected chi connectivity index (χ0v) is 20.3. The lowest BCUT2D eigenvalue weighted by Crippen LogP contribution is -2.16. The van der Waals surface area contributed by atoms with Gasteiger partial charge in [0.2, 0.25) is 5.91 Å². The van der Waals surface area contributed by atoms with Crippen molar-refractivity contribution in [2.45, 2.75) is 24.7 Å². The monoisotopic (exact) mass is 541 g/mol. The van der Waals surface area contributed by atoms with Gasteiger partial charge in [0, 0.05) is 28.3 Å². The number of aromatic nitrogens is 4. The van der Waals surface area contributed by atoms with E-state index in [9.17, 15) is 4.79 Å². The molecule has 1 unspecified atom stereocenters. The average Bonchev–Trinajstić information content (AvgIpc) is 3.14. The predicted octanol–water partition coefficient (Wildman–Crippen LogP) is 5.80. The number of carbonyl (C=O) groups excluding carboxylic acids is 1. The smallest absolute Gasteiger partial charge is 0.236 e. The largest absolute Gasteiger partial charge is 0.481 e. The molecule has 2 heterocycles. The second kappa shape index (κ2) is 11.0. The lowest BCUT2D eigenvalue weighted by molar-refractivity contribution is -0.113. The van der Waals surface area contributed by atoms with Gasteiger partial charge < -0.3 is 10.1 Å². The van der Waals surface area contributed by atoms with Gasteiger partial charge in [-0.15, -0.1) is 16.8 Å². The van der Waals surface area contributed by atoms with Crippen molar-refractivity contribution < 1.29 is 9.53 Å². The fourth-order valence-corrected chi connectivity index (χ4v) is 3.89. The van der Waals surface area contributed by atoms with Crippen molar-refractivity contribution in [3.05, 3.63) is 69.5 Å². The van der Waals surface area contributed by atoms with E-state index < -0.39 is 6.10 Å². The molecule has 0 radical (unpaired) electrons. The minimum absolute atomic E-state index is 0.141. The molecule has 162 valence electrons. The highest BCUT2D eigenvalue weighted by Crippen LogP contribution is 2.32. The van der Waals surface area contributed by atoms with Gasteiger partial charge in [0.1, 0.15) is 11.6 Å². The number of ether oxygens (including phenoxy) is 1. The van der Waals surface area contributed by atoms with Crippen LogP contribution >= 0.6 is 50.9 Å². The van der Waals surface area contributed by atoms with Gasteiger partial charge in [0.15, 0.2) is 17.1 Å². The standard InChI is InChI=1S/C20H18BrCl2N5O2S/c1-3-8-28-19(12(2)30-16-9-14(22)5-6-15(16)23)26-27-20(28)31-11-18(29)25-17-7-4-13(21)10-24-17/h3-7,9-10,12H,1,8,11H2,2H3,(H,24,25,29). The van der Waals surface area contributed by atoms with Gasteiger partial charge in [-0.1, -0.05) is 41.0 Å². The fourth-order valence-electron chi connectivity index (χ4n) is 2.58. The Labute approximate surface area is 202 Å². The van der Waals surface area contributed by atoms with Gasteiger partial charge in [-0.25, -0.2) is 4.98 Å². The summed E-state index contributed by atoms with van der Waals surface area (Å²) >= 11 is 16.8. The Kier molecular flexibility index (Phi) is 8.36. The van der Waals surface area contributed by atoms with Crippen molar-refractivity contribution in [3.8, 4) is 5.75 Å². The zero-order chi connectivity index (χ0) is 22.4. The number of thioether (sulfide) groups is 1. The topological polar surface area (TPSA) is 81.9 Å². The van der Waals surface area contributed by atoms with Crippen LogP contribution in [-0.2, 0) is 11.3 Å². The van der Waals surface area contributed by atoms with Gasteiger partial charge in [0.25, 0.3) is 0 Å². The molecule has 1 N–H and O–H groups in total. The summed E-state index contributed by atoms with van der Waals surface area (Å²) in [5.41, 5.74) is 0. The Hall–Kier alpha value is -2.07. The van der Waals surface area contributed by atoms with Crippen LogP contribution in [0.3, 0.4) is 0 Å². The number of hydrogen-bond acceptors (Lipinski definition) is 6. The van der Waals surface area contributed by atoms with Crippen LogP contribution in [0.4, 0.5) is 5.82 Å². The van der Waals surface area contributed by atoms with Crippen LogP contribution in [0.5, 0.6) is 5.75 Å². The Morgan fingerprint density at radius 3 is 2.87 bits per heavy atom. The molecule has 0 bridgehead atoms. The first-order valence-corrected chi connectivity index (χ1v) is 11.6. The van der Waals surface area contributed by atoms with Crippen LogP contribution < -0.4 is 10.1 Å². The highest BCUT2D eigenvalue weighted by Gasteiger charge is 2.20. The summed E-state index contributed by atoms with van der Waals surface area (Å²) in [4.78, 5) is 16.4. The quantitative estimate of drug-likeness (QED) is 0.272. The van der Waals surface area contributed by atoms with E-state index in [0.29, 0.717) is 39.1 Å². The molecule has 1 amide bonds. The van der Waals surface area contributed by atoms with Crippen molar-refractivity contribution in [2.75, 3.05) is 11.1 Å². The highest BCUT2D eigenvalue weighted by atomic mass is 79.9. The van der Waals surface area contributed by atoms with E-state index in [1.165, 1.54) is 11.8 Å². The maximum Gasteiger partial charge on any atom is 0.236 e. The number of nitrogens with zero attached hydrogens (tertiary/aromatic N) is 4. The summed E-state index contributed by atoms with van der Waals surface area (Å²) in [6, 6.07) is 8.51. The van der Waals surface area contributed by atoms with Gasteiger partial charge in [-0.2, -0.15) is 0 Å². The second-order valence-electron chi connectivity index (χ2n) is 6.27. The molecule has 3 rings (SSSR count). The van der Waals surface area contributed by atoms with Gasteiger partial charge >= 0.3 is 0 Å². The lowest BCUT2D eigenvalue weighted by atomic mass is 10.3. The Bertz CT molecular complexity index is 1080. The maximum atomic E-state index is 12.3. The minimum Gasteiger partial charge on any atom is -0.481 e. The molecule has 2 aromatic heterocycles. The summed E-state index contributed by atoms with van der Waals surface area (Å²) in [5.74, 6) is 1.44. The van der Waals surface area contributed by atoms with Gasteiger partial charge in [-0.05, 0) is 47.1 Å². The van der Waals surface area contributed by atoms with Crippen molar-refractivity contribution in [2.24, 2.45) is 0 Å². The van der Waals surface area contributed by atoms with Crippen molar-refractivity contribution >= 4 is 62.6 Å². The molecule has 7 nitrogen and oxygen atoms in total. The average molecular weight is 543 g/mol. The molecule has 0 aliphatic carbocycles. The van der Waals surface area contributed by atoms with Crippen LogP contribution in [0.15, 0.2) is 58.8 Å². The molecule has 0 aliphatic heterocycles. The number of halogens is 3. The molecular weight excluding hydrogens is 525 g/mol. The van der Waals surface area contributed by atoms with E-state index in [1.54, 1.807) is 42.6 Å². The fraction of sp³-hybridized carbons (Fsp3) is 0.200. The van der Waals surface area contributed by atoms with Crippen LogP contribution in [0.2, 0.25) is 10.0 Å². The Balaban J connectivity index is 1.69. The van der Waals surface area contributed by atoms with E-state index in [1.807, 2.05) is 11.5 Å². The third-order valence-corrected chi connectivity index (χ3v) is 5.93. The third kappa shape index (κ3) is 6.46. The molecule has 0 aliphatic rings. The second-order valence-corrected chi connectivity index (χ2v) is 8.98. The first kappa shape index (κ1) is 23.6. The van der Waals surface area contributed by atoms with E-state index in [0.717, 1.165) is 4.47 Å². The minimum atomic E-state index is -0.460. The van der Waals surface area contributed by atoms with Crippen molar-refractivity contribution in [1.29, 1.82) is 0 Å². The number of nitrogens with one attached hydrogen (secondary N) is 1. The SMILES string of the molecule is C=CCn1c(SCC(=O)Nc2ccc(Br)cn2)nnc1C(C)Oc1cc(Cl)ccc1Cl. The maximum absolute atomic E-state index is 12.3. The summed E-state index contributed by atoms with van der Waals surface area (Å²) in [6.45, 7) is 6.08. The number of anilines is 1. The van der Waals surface area contributed by atoms with E-state index in [-0.39, 0.29) is 11.7 Å². The van der Waals surface area contributed by atoms with Crippen LogP contribution in [0.25, 0.3) is 0 Å². The lowest BCUT2D eigenvalue weighted by Gasteiger charge is -2.16. The molecule has 0 saturated heterocycles. The van der Waals surface area contributed by atoms with Crippen LogP contribution in [-0.4, -0.2) is 31.4 Å². The van der Waals surface area contributed by atoms with Gasteiger partial charge in [0.05, 0.1) is 10.8 Å². The number of allylic oxidation sites excluding steroid dienone is 1. The molecule has 0 spiro atoms. The van der Waals surface area contributed by atoms with E-state index in [2.05, 4.69) is 43.0 Å². The predicted molar refractivity (Wildman–Crippen MR) is 127 cm³/mol. The summed E-state index contributed by atoms with van der Waals surface area (Å²) in [6.07, 6.45) is 2.88. The third-order valence-electron chi connectivity index (χ3n) is 3.94. The molecule has 0 fully saturated rings. The molecule has 0 saturated carbocycles. The number of rotatable bonds is 9. The normalized spacial score (nSPS) is 11.7. The number of pyridine rings is 1. The first-order valence-electron chi connectivity index (χ1n) is 9.07. The molecule has 1 atom stereocenters. The summed E-state index contributed by atoms with van der Waals surface area (Å²) in [7, 11) is 0. The van der Waals surface area contributed by atoms with Crippen LogP contribution in [0.1, 0.15) is 18.9 Å². The van der Waals surface area contributed by atoms with E-state index in [4.69, 9.17) is 27.9 Å². The molecule has 11 heteroatoms. The summed E-state index contributed by atoms with van der Waals surface area (Å²) < 4.78 is 8.62. The number of carbonyl (C=O) groups is 1. The molecule has 31 heavy (non-hydrogen) atoms. The van der Waals surface area contributed by atoms with Crippen LogP contribution in [0, 0.1) is 0 Å². The molecule has 1 aromatic carbocycles. The zero-order valence-electron chi connectivity index (χ0n) is 16.4. The van der Waals surface area contributed by atoms with Crippen molar-refractivity contribution in [1.82, 2.24) is 19.7 Å². The number of benzene rings is 1. The highest BCUT2D eigenvalue weighted by molar-refractivity contribution is 9.10. The van der Waals surface area contributed by atoms with Crippen molar-refractivity contribution in [3.63, 3.8) is 0 Å².